The van der Waals surface area contributed by atoms with Crippen LogP contribution < -0.4 is 5.32 Å². The minimum absolute atomic E-state index is 0.105. The molecule has 1 amide bonds. The highest BCUT2D eigenvalue weighted by Crippen LogP contribution is 2.28. The van der Waals surface area contributed by atoms with E-state index in [1.54, 1.807) is 12.1 Å². The molecular formula is C27H19ClN2O2. The Bertz CT molecular complexity index is 1380. The van der Waals surface area contributed by atoms with E-state index in [2.05, 4.69) is 34.6 Å². The van der Waals surface area contributed by atoms with E-state index >= 15 is 0 Å². The molecule has 4 aromatic carbocycles. The van der Waals surface area contributed by atoms with Crippen LogP contribution in [0.25, 0.3) is 33.7 Å². The lowest BCUT2D eigenvalue weighted by Crippen LogP contribution is -2.14. The van der Waals surface area contributed by atoms with Crippen LogP contribution >= 0.6 is 11.6 Å². The number of fused-ring (bicyclic) bond motifs is 1. The Hall–Kier alpha value is -3.89. The lowest BCUT2D eigenvalue weighted by atomic mass is 10.0. The number of benzene rings is 4. The summed E-state index contributed by atoms with van der Waals surface area (Å²) in [5, 5.41) is 3.57. The molecule has 0 aliphatic carbocycles. The molecule has 5 rings (SSSR count). The highest BCUT2D eigenvalue weighted by Gasteiger charge is 2.11. The number of anilines is 1. The lowest BCUT2D eigenvalue weighted by Gasteiger charge is -2.05. The number of carbonyl (C=O) groups excluding carboxylic acids is 1. The van der Waals surface area contributed by atoms with Gasteiger partial charge in [0.05, 0.1) is 6.42 Å². The molecule has 0 saturated heterocycles. The van der Waals surface area contributed by atoms with Crippen LogP contribution in [-0.2, 0) is 11.2 Å². The fraction of sp³-hybridized carbons (Fsp3) is 0.0370. The molecule has 0 unspecified atom stereocenters. The first-order chi connectivity index (χ1) is 15.6. The first kappa shape index (κ1) is 20.0. The minimum Gasteiger partial charge on any atom is -0.436 e. The van der Waals surface area contributed by atoms with Crippen LogP contribution in [0, 0.1) is 0 Å². The standard InChI is InChI=1S/C27H19ClN2O2/c28-22-12-6-18(7-13-22)16-26(31)29-23-14-15-25-24(17-23)30-27(32-25)21-10-8-20(9-11-21)19-4-2-1-3-5-19/h1-15,17H,16H2,(H,29,31). The van der Waals surface area contributed by atoms with Crippen molar-refractivity contribution in [1.82, 2.24) is 4.98 Å². The van der Waals surface area contributed by atoms with Gasteiger partial charge in [-0.2, -0.15) is 0 Å². The highest BCUT2D eigenvalue weighted by molar-refractivity contribution is 6.30. The van der Waals surface area contributed by atoms with Crippen LogP contribution in [0.2, 0.25) is 5.02 Å². The van der Waals surface area contributed by atoms with Gasteiger partial charge in [-0.1, -0.05) is 66.2 Å². The normalized spacial score (nSPS) is 10.9. The van der Waals surface area contributed by atoms with Gasteiger partial charge in [0.1, 0.15) is 5.52 Å². The van der Waals surface area contributed by atoms with Crippen molar-refractivity contribution in [2.75, 3.05) is 5.32 Å². The summed E-state index contributed by atoms with van der Waals surface area (Å²) in [4.78, 5) is 17.0. The quantitative estimate of drug-likeness (QED) is 0.321. The number of nitrogens with zero attached hydrogens (tertiary/aromatic N) is 1. The molecule has 0 bridgehead atoms. The molecule has 1 heterocycles. The van der Waals surface area contributed by atoms with Gasteiger partial charge < -0.3 is 9.73 Å². The van der Waals surface area contributed by atoms with Crippen molar-refractivity contribution in [3.05, 3.63) is 108 Å². The van der Waals surface area contributed by atoms with E-state index in [0.717, 1.165) is 22.3 Å². The zero-order chi connectivity index (χ0) is 21.9. The molecule has 5 heteroatoms. The van der Waals surface area contributed by atoms with Crippen molar-refractivity contribution >= 4 is 34.3 Å². The molecule has 1 aromatic heterocycles. The summed E-state index contributed by atoms with van der Waals surface area (Å²) in [7, 11) is 0. The van der Waals surface area contributed by atoms with Gasteiger partial charge in [-0.15, -0.1) is 0 Å². The third-order valence-corrected chi connectivity index (χ3v) is 5.44. The maximum absolute atomic E-state index is 12.4. The zero-order valence-electron chi connectivity index (χ0n) is 17.1. The van der Waals surface area contributed by atoms with Crippen LogP contribution in [0.1, 0.15) is 5.56 Å². The summed E-state index contributed by atoms with van der Waals surface area (Å²) in [6.45, 7) is 0. The van der Waals surface area contributed by atoms with Gasteiger partial charge in [0.25, 0.3) is 0 Å². The van der Waals surface area contributed by atoms with Gasteiger partial charge in [0.15, 0.2) is 5.58 Å². The summed E-state index contributed by atoms with van der Waals surface area (Å²) in [6, 6.07) is 31.0. The molecule has 0 radical (unpaired) electrons. The number of aromatic nitrogens is 1. The van der Waals surface area contributed by atoms with E-state index in [0.29, 0.717) is 27.7 Å². The largest absolute Gasteiger partial charge is 0.436 e. The van der Waals surface area contributed by atoms with Crippen LogP contribution in [-0.4, -0.2) is 10.9 Å². The predicted octanol–water partition coefficient (Wildman–Crippen LogP) is 7.00. The molecule has 0 fully saturated rings. The van der Waals surface area contributed by atoms with E-state index in [9.17, 15) is 4.79 Å². The lowest BCUT2D eigenvalue weighted by molar-refractivity contribution is -0.115. The molecule has 5 aromatic rings. The van der Waals surface area contributed by atoms with Gasteiger partial charge in [0, 0.05) is 16.3 Å². The Morgan fingerprint density at radius 1 is 0.812 bits per heavy atom. The molecule has 32 heavy (non-hydrogen) atoms. The predicted molar refractivity (Wildman–Crippen MR) is 129 cm³/mol. The Balaban J connectivity index is 1.32. The fourth-order valence-corrected chi connectivity index (χ4v) is 3.68. The second-order valence-electron chi connectivity index (χ2n) is 7.50. The van der Waals surface area contributed by atoms with Crippen LogP contribution in [0.15, 0.2) is 101 Å². The SMILES string of the molecule is O=C(Cc1ccc(Cl)cc1)Nc1ccc2oc(-c3ccc(-c4ccccc4)cc3)nc2c1. The summed E-state index contributed by atoms with van der Waals surface area (Å²) in [5.41, 5.74) is 6.13. The highest BCUT2D eigenvalue weighted by atomic mass is 35.5. The topological polar surface area (TPSA) is 55.1 Å². The third-order valence-electron chi connectivity index (χ3n) is 5.19. The van der Waals surface area contributed by atoms with E-state index in [1.807, 2.05) is 60.7 Å². The average molecular weight is 439 g/mol. The zero-order valence-corrected chi connectivity index (χ0v) is 17.8. The maximum atomic E-state index is 12.4. The summed E-state index contributed by atoms with van der Waals surface area (Å²) in [5.74, 6) is 0.441. The van der Waals surface area contributed by atoms with Gasteiger partial charge in [0.2, 0.25) is 11.8 Å². The Labute approximate surface area is 190 Å². The minimum atomic E-state index is -0.105. The number of rotatable bonds is 5. The molecule has 0 spiro atoms. The Morgan fingerprint density at radius 3 is 2.25 bits per heavy atom. The van der Waals surface area contributed by atoms with Crippen molar-refractivity contribution in [3.63, 3.8) is 0 Å². The molecular weight excluding hydrogens is 420 g/mol. The van der Waals surface area contributed by atoms with Gasteiger partial charge in [-0.05, 0) is 59.2 Å². The molecule has 0 aliphatic heterocycles. The van der Waals surface area contributed by atoms with Crippen molar-refractivity contribution in [1.29, 1.82) is 0 Å². The van der Waals surface area contributed by atoms with Gasteiger partial charge in [-0.25, -0.2) is 4.98 Å². The molecule has 156 valence electrons. The van der Waals surface area contributed by atoms with E-state index < -0.39 is 0 Å². The third kappa shape index (κ3) is 4.41. The molecule has 0 saturated carbocycles. The van der Waals surface area contributed by atoms with Crippen molar-refractivity contribution in [2.45, 2.75) is 6.42 Å². The molecule has 4 nitrogen and oxygen atoms in total. The smallest absolute Gasteiger partial charge is 0.228 e. The van der Waals surface area contributed by atoms with E-state index in [-0.39, 0.29) is 12.3 Å². The Morgan fingerprint density at radius 2 is 1.50 bits per heavy atom. The Kier molecular flexibility index (Phi) is 5.44. The summed E-state index contributed by atoms with van der Waals surface area (Å²) >= 11 is 5.90. The number of nitrogens with one attached hydrogen (secondary N) is 1. The second-order valence-corrected chi connectivity index (χ2v) is 7.93. The second kappa shape index (κ2) is 8.69. The van der Waals surface area contributed by atoms with Crippen LogP contribution in [0.3, 0.4) is 0 Å². The number of amides is 1. The monoisotopic (exact) mass is 438 g/mol. The first-order valence-corrected chi connectivity index (χ1v) is 10.6. The van der Waals surface area contributed by atoms with Crippen molar-refractivity contribution < 1.29 is 9.21 Å². The summed E-state index contributed by atoms with van der Waals surface area (Å²) in [6.07, 6.45) is 0.271. The number of hydrogen-bond donors (Lipinski definition) is 1. The number of hydrogen-bond acceptors (Lipinski definition) is 3. The summed E-state index contributed by atoms with van der Waals surface area (Å²) < 4.78 is 5.93. The van der Waals surface area contributed by atoms with Crippen LogP contribution in [0.4, 0.5) is 5.69 Å². The average Bonchev–Trinajstić information content (AvgIpc) is 3.25. The van der Waals surface area contributed by atoms with Gasteiger partial charge in [-0.3, -0.25) is 4.79 Å². The van der Waals surface area contributed by atoms with Crippen LogP contribution in [0.5, 0.6) is 0 Å². The molecule has 0 atom stereocenters. The molecule has 0 aliphatic rings. The number of carbonyl (C=O) groups is 1. The number of oxazole rings is 1. The molecule has 1 N–H and O–H groups in total. The van der Waals surface area contributed by atoms with Crippen molar-refractivity contribution in [3.8, 4) is 22.6 Å². The van der Waals surface area contributed by atoms with Gasteiger partial charge >= 0.3 is 0 Å². The fourth-order valence-electron chi connectivity index (χ4n) is 3.56. The maximum Gasteiger partial charge on any atom is 0.228 e. The number of halogens is 1. The van der Waals surface area contributed by atoms with Crippen molar-refractivity contribution in [2.24, 2.45) is 0 Å². The van der Waals surface area contributed by atoms with E-state index in [4.69, 9.17) is 16.0 Å². The van der Waals surface area contributed by atoms with E-state index in [1.165, 1.54) is 0 Å². The first-order valence-electron chi connectivity index (χ1n) is 10.2.